The number of alkyl halides is 3. The molecule has 0 saturated carbocycles. The molecule has 0 fully saturated rings. The van der Waals surface area contributed by atoms with Crippen LogP contribution in [0.4, 0.5) is 13.2 Å². The molecule has 13 heteroatoms. The maximum absolute atomic E-state index is 13.4. The van der Waals surface area contributed by atoms with Crippen molar-refractivity contribution in [2.45, 2.75) is 26.1 Å². The third-order valence-electron chi connectivity index (χ3n) is 3.75. The summed E-state index contributed by atoms with van der Waals surface area (Å²) in [6.07, 6.45) is -6.62. The molecule has 0 spiro atoms. The first-order valence-electron chi connectivity index (χ1n) is 7.76. The predicted molar refractivity (Wildman–Crippen MR) is 89.4 cm³/mol. The number of halogens is 4. The van der Waals surface area contributed by atoms with Gasteiger partial charge in [-0.25, -0.2) is 9.59 Å². The summed E-state index contributed by atoms with van der Waals surface area (Å²) in [6, 6.07) is 1.32. The number of aryl methyl sites for hydroxylation is 1. The van der Waals surface area contributed by atoms with E-state index in [4.69, 9.17) is 16.3 Å². The minimum atomic E-state index is -4.94. The van der Waals surface area contributed by atoms with Gasteiger partial charge in [-0.1, -0.05) is 11.6 Å². The summed E-state index contributed by atoms with van der Waals surface area (Å²) in [4.78, 5) is 36.9. The highest BCUT2D eigenvalue weighted by atomic mass is 35.5. The molecule has 0 amide bonds. The summed E-state index contributed by atoms with van der Waals surface area (Å²) in [5, 5.41) is 8.99. The van der Waals surface area contributed by atoms with E-state index in [1.165, 1.54) is 6.07 Å². The number of nitrogens with zero attached hydrogens (tertiary/aromatic N) is 1. The molecule has 1 aliphatic rings. The van der Waals surface area contributed by atoms with Gasteiger partial charge in [-0.2, -0.15) is 13.2 Å². The average molecular weight is 440 g/mol. The van der Waals surface area contributed by atoms with Gasteiger partial charge in [0, 0.05) is 10.6 Å². The van der Waals surface area contributed by atoms with Crippen LogP contribution in [0, 0.1) is 24.0 Å². The topological polar surface area (TPSA) is 114 Å². The number of carbonyl (C=O) groups is 2. The average Bonchev–Trinajstić information content (AvgIpc) is 2.63. The first kappa shape index (κ1) is 22.3. The Morgan fingerprint density at radius 1 is 1.31 bits per heavy atom. The fraction of sp³-hybridized carbons (Fsp3) is 0.375. The Labute approximate surface area is 166 Å². The molecule has 29 heavy (non-hydrogen) atoms. The van der Waals surface area contributed by atoms with Crippen molar-refractivity contribution in [2.75, 3.05) is 13.4 Å². The minimum Gasteiger partial charge on any atom is -0.475 e. The second-order valence-corrected chi connectivity index (χ2v) is 6.12. The second-order valence-electron chi connectivity index (χ2n) is 5.75. The Morgan fingerprint density at radius 3 is 2.55 bits per heavy atom. The third kappa shape index (κ3) is 5.28. The zero-order valence-corrected chi connectivity index (χ0v) is 15.6. The van der Waals surface area contributed by atoms with Gasteiger partial charge in [0.15, 0.2) is 6.61 Å². The van der Waals surface area contributed by atoms with Crippen LogP contribution in [0.25, 0.3) is 6.08 Å². The van der Waals surface area contributed by atoms with Gasteiger partial charge in [-0.05, 0) is 37.1 Å². The van der Waals surface area contributed by atoms with E-state index in [1.54, 1.807) is 13.8 Å². The number of fused-ring (bicyclic) bond motifs is 1. The molecule has 1 heterocycles. The lowest BCUT2D eigenvalue weighted by Gasteiger charge is -2.29. The molecule has 0 aromatic heterocycles. The van der Waals surface area contributed by atoms with Crippen LogP contribution in [0.1, 0.15) is 16.7 Å². The Morgan fingerprint density at radius 2 is 1.97 bits per heavy atom. The summed E-state index contributed by atoms with van der Waals surface area (Å²) in [6.45, 7) is 0.973. The quantitative estimate of drug-likeness (QED) is 0.288. The predicted octanol–water partition coefficient (Wildman–Crippen LogP) is 2.92. The van der Waals surface area contributed by atoms with Crippen LogP contribution in [0.2, 0.25) is 5.02 Å². The molecule has 0 bridgehead atoms. The van der Waals surface area contributed by atoms with E-state index in [2.05, 4.69) is 14.3 Å². The Balaban J connectivity index is 2.21. The van der Waals surface area contributed by atoms with Crippen molar-refractivity contribution >= 4 is 29.6 Å². The van der Waals surface area contributed by atoms with Crippen LogP contribution in [0.15, 0.2) is 11.6 Å². The number of benzene rings is 1. The van der Waals surface area contributed by atoms with Crippen LogP contribution in [0.5, 0.6) is 5.75 Å². The molecule has 9 nitrogen and oxygen atoms in total. The van der Waals surface area contributed by atoms with E-state index in [0.717, 1.165) is 6.08 Å². The normalized spacial score (nSPS) is 15.5. The van der Waals surface area contributed by atoms with E-state index in [9.17, 15) is 32.9 Å². The largest absolute Gasteiger partial charge is 0.475 e. The summed E-state index contributed by atoms with van der Waals surface area (Å²) < 4.78 is 54.0. The van der Waals surface area contributed by atoms with Crippen LogP contribution in [-0.2, 0) is 23.9 Å². The number of rotatable bonds is 6. The molecular weight excluding hydrogens is 427 g/mol. The van der Waals surface area contributed by atoms with Gasteiger partial charge in [0.2, 0.25) is 12.9 Å². The lowest BCUT2D eigenvalue weighted by molar-refractivity contribution is -0.754. The summed E-state index contributed by atoms with van der Waals surface area (Å²) in [5.41, 5.74) is 0.179. The molecule has 158 valence electrons. The highest BCUT2D eigenvalue weighted by Gasteiger charge is 2.49. The number of hydrogen-bond donors (Lipinski definition) is 0. The van der Waals surface area contributed by atoms with Crippen molar-refractivity contribution in [3.63, 3.8) is 0 Å². The van der Waals surface area contributed by atoms with Crippen molar-refractivity contribution < 1.29 is 46.9 Å². The molecule has 1 aliphatic heterocycles. The number of hydrogen-bond acceptors (Lipinski definition) is 8. The lowest BCUT2D eigenvalue weighted by atomic mass is 9.96. The van der Waals surface area contributed by atoms with Gasteiger partial charge in [0.25, 0.3) is 5.09 Å². The summed E-state index contributed by atoms with van der Waals surface area (Å²) >= 11 is 6.10. The first-order valence-corrected chi connectivity index (χ1v) is 8.14. The van der Waals surface area contributed by atoms with Crippen LogP contribution in [-0.4, -0.2) is 42.7 Å². The van der Waals surface area contributed by atoms with Crippen molar-refractivity contribution in [1.29, 1.82) is 0 Å². The van der Waals surface area contributed by atoms with E-state index < -0.39 is 48.3 Å². The van der Waals surface area contributed by atoms with Gasteiger partial charge in [0.05, 0.1) is 5.57 Å². The fourth-order valence-corrected chi connectivity index (χ4v) is 2.58. The second kappa shape index (κ2) is 8.55. The molecule has 1 unspecified atom stereocenters. The molecule has 1 aromatic rings. The zero-order chi connectivity index (χ0) is 21.9. The number of carbonyl (C=O) groups excluding carboxylic acids is 2. The summed E-state index contributed by atoms with van der Waals surface area (Å²) in [7, 11) is 0. The van der Waals surface area contributed by atoms with Crippen LogP contribution >= 0.6 is 11.6 Å². The Kier molecular flexibility index (Phi) is 6.57. The van der Waals surface area contributed by atoms with Crippen molar-refractivity contribution in [2.24, 2.45) is 0 Å². The number of esters is 2. The third-order valence-corrected chi connectivity index (χ3v) is 4.33. The Hall–Kier alpha value is -3.02. The van der Waals surface area contributed by atoms with Gasteiger partial charge < -0.3 is 19.0 Å². The first-order chi connectivity index (χ1) is 13.4. The van der Waals surface area contributed by atoms with E-state index in [0.29, 0.717) is 16.1 Å². The van der Waals surface area contributed by atoms with Gasteiger partial charge in [-0.3, -0.25) is 0 Å². The molecule has 0 saturated heterocycles. The smallest absolute Gasteiger partial charge is 0.430 e. The minimum absolute atomic E-state index is 0.105. The van der Waals surface area contributed by atoms with Gasteiger partial charge >= 0.3 is 18.1 Å². The molecule has 0 N–H and O–H groups in total. The maximum Gasteiger partial charge on any atom is 0.430 e. The van der Waals surface area contributed by atoms with Crippen molar-refractivity contribution in [3.8, 4) is 5.75 Å². The highest BCUT2D eigenvalue weighted by molar-refractivity contribution is 6.32. The fourth-order valence-electron chi connectivity index (χ4n) is 2.42. The Bertz CT molecular complexity index is 884. The van der Waals surface area contributed by atoms with Gasteiger partial charge in [-0.15, -0.1) is 10.1 Å². The lowest BCUT2D eigenvalue weighted by Crippen LogP contribution is -2.41. The number of ether oxygens (including phenoxy) is 3. The molecule has 2 rings (SSSR count). The standard InChI is InChI=1S/C16H13ClF3NO8/c1-7-3-11-9(8(2)13(7)17)4-10(14(29-11)16(18,19)20)15(23)27-6-26-12(22)5-28-21(24)25/h3-4,14H,5-6H2,1-2H3. The van der Waals surface area contributed by atoms with E-state index in [-0.39, 0.29) is 11.3 Å². The van der Waals surface area contributed by atoms with E-state index in [1.807, 2.05) is 0 Å². The van der Waals surface area contributed by atoms with Gasteiger partial charge in [0.1, 0.15) is 5.75 Å². The van der Waals surface area contributed by atoms with Crippen LogP contribution < -0.4 is 4.74 Å². The molecule has 0 radical (unpaired) electrons. The SMILES string of the molecule is Cc1cc2c(c(C)c1Cl)C=C(C(=O)OCOC(=O)CO[N+](=O)[O-])C(C(F)(F)F)O2. The maximum atomic E-state index is 13.4. The summed E-state index contributed by atoms with van der Waals surface area (Å²) in [5.74, 6) is -2.83. The molecule has 1 atom stereocenters. The van der Waals surface area contributed by atoms with Crippen molar-refractivity contribution in [1.82, 2.24) is 0 Å². The molecule has 1 aromatic carbocycles. The van der Waals surface area contributed by atoms with E-state index >= 15 is 0 Å². The monoisotopic (exact) mass is 439 g/mol. The molecule has 0 aliphatic carbocycles. The molecular formula is C16H13ClF3NO8. The zero-order valence-electron chi connectivity index (χ0n) is 14.9. The van der Waals surface area contributed by atoms with Crippen molar-refractivity contribution in [3.05, 3.63) is 43.5 Å². The highest BCUT2D eigenvalue weighted by Crippen LogP contribution is 2.41. The van der Waals surface area contributed by atoms with Crippen LogP contribution in [0.3, 0.4) is 0 Å².